The summed E-state index contributed by atoms with van der Waals surface area (Å²) in [6.07, 6.45) is 0. The fourth-order valence-corrected chi connectivity index (χ4v) is 5.55. The molecule has 2 aromatic heterocycles. The van der Waals surface area contributed by atoms with Crippen LogP contribution in [0.15, 0.2) is 101 Å². The van der Waals surface area contributed by atoms with E-state index >= 15 is 0 Å². The fourth-order valence-electron chi connectivity index (χ4n) is 4.41. The van der Waals surface area contributed by atoms with E-state index < -0.39 is 0 Å². The third-order valence-corrected chi connectivity index (χ3v) is 6.94. The van der Waals surface area contributed by atoms with Crippen molar-refractivity contribution < 1.29 is 4.42 Å². The highest BCUT2D eigenvalue weighted by Crippen LogP contribution is 2.37. The number of hydrogen-bond donors (Lipinski definition) is 0. The molecule has 0 aliphatic rings. The molecule has 0 atom stereocenters. The number of furan rings is 1. The van der Waals surface area contributed by atoms with Crippen LogP contribution < -0.4 is 0 Å². The summed E-state index contributed by atoms with van der Waals surface area (Å²) in [6.45, 7) is 6.40. The lowest BCUT2D eigenvalue weighted by molar-refractivity contribution is 0.669. The zero-order valence-corrected chi connectivity index (χ0v) is 17.9. The van der Waals surface area contributed by atoms with Gasteiger partial charge in [-0.25, -0.2) is 0 Å². The van der Waals surface area contributed by atoms with E-state index in [9.17, 15) is 0 Å². The second-order valence-corrected chi connectivity index (χ2v) is 8.78. The van der Waals surface area contributed by atoms with Gasteiger partial charge in [-0.2, -0.15) is 0 Å². The fraction of sp³-hybridized carbons (Fsp3) is 0.0357. The average molecular weight is 418 g/mol. The van der Waals surface area contributed by atoms with Gasteiger partial charge in [-0.1, -0.05) is 67.2 Å². The first-order valence-corrected chi connectivity index (χ1v) is 11.1. The number of para-hydroxylation sites is 1. The number of nitrogens with zero attached hydrogens (tertiary/aromatic N) is 1. The van der Waals surface area contributed by atoms with E-state index in [1.54, 1.807) is 0 Å². The quantitative estimate of drug-likeness (QED) is 0.265. The summed E-state index contributed by atoms with van der Waals surface area (Å²) < 4.78 is 8.62. The Hall–Kier alpha value is -3.69. The lowest BCUT2D eigenvalue weighted by Crippen LogP contribution is -1.96. The molecule has 6 rings (SSSR count). The second-order valence-electron chi connectivity index (χ2n) is 7.70. The van der Waals surface area contributed by atoms with Crippen molar-refractivity contribution in [3.8, 4) is 0 Å². The van der Waals surface area contributed by atoms with Gasteiger partial charge in [0.15, 0.2) is 0 Å². The molecule has 6 aromatic rings. The van der Waals surface area contributed by atoms with Crippen LogP contribution >= 0.6 is 11.3 Å². The molecular weight excluding hydrogens is 398 g/mol. The van der Waals surface area contributed by atoms with Crippen LogP contribution in [0.4, 0.5) is 0 Å². The molecule has 0 aliphatic heterocycles. The molecule has 0 radical (unpaired) electrons. The molecule has 0 N–H and O–H groups in total. The van der Waals surface area contributed by atoms with E-state index in [0.717, 1.165) is 44.5 Å². The minimum atomic E-state index is 0.742. The van der Waals surface area contributed by atoms with Gasteiger partial charge in [0.1, 0.15) is 11.2 Å². The van der Waals surface area contributed by atoms with E-state index in [2.05, 4.69) is 68.1 Å². The Morgan fingerprint density at radius 2 is 1.39 bits per heavy atom. The Morgan fingerprint density at radius 3 is 2.29 bits per heavy atom. The summed E-state index contributed by atoms with van der Waals surface area (Å²) >= 11 is 1.82. The SMILES string of the molecule is C=C(N=C(C)c1cccc2sc3ccccc3c12)c1cccc2oc3ccccc3c12. The van der Waals surface area contributed by atoms with Gasteiger partial charge in [0.2, 0.25) is 0 Å². The maximum atomic E-state index is 6.04. The Labute approximate surface area is 183 Å². The number of aliphatic imine (C=N–C) groups is 1. The zero-order chi connectivity index (χ0) is 20.9. The zero-order valence-electron chi connectivity index (χ0n) is 17.1. The highest BCUT2D eigenvalue weighted by atomic mass is 32.1. The number of thiophene rings is 1. The molecule has 0 saturated carbocycles. The number of benzene rings is 4. The molecule has 148 valence electrons. The summed E-state index contributed by atoms with van der Waals surface area (Å²) in [5.74, 6) is 0. The predicted molar refractivity (Wildman–Crippen MR) is 134 cm³/mol. The molecule has 0 bridgehead atoms. The predicted octanol–water partition coefficient (Wildman–Crippen LogP) is 8.43. The summed E-state index contributed by atoms with van der Waals surface area (Å²) in [5.41, 5.74) is 5.60. The number of hydrogen-bond acceptors (Lipinski definition) is 3. The van der Waals surface area contributed by atoms with Crippen LogP contribution in [0.1, 0.15) is 18.1 Å². The summed E-state index contributed by atoms with van der Waals surface area (Å²) in [5, 5.41) is 4.71. The van der Waals surface area contributed by atoms with Crippen LogP contribution in [0.3, 0.4) is 0 Å². The highest BCUT2D eigenvalue weighted by Gasteiger charge is 2.14. The summed E-state index contributed by atoms with van der Waals surface area (Å²) in [6, 6.07) is 29.2. The molecule has 4 aromatic carbocycles. The molecule has 0 fully saturated rings. The van der Waals surface area contributed by atoms with E-state index in [0.29, 0.717) is 0 Å². The standard InChI is InChI=1S/C28H19NOS/c1-17(19-11-7-14-24-27(19)21-9-3-5-13-23(21)30-24)29-18(2)20-12-8-16-26-28(20)22-10-4-6-15-25(22)31-26/h3-16H,1H2,2H3. The minimum absolute atomic E-state index is 0.742. The van der Waals surface area contributed by atoms with Crippen molar-refractivity contribution in [2.24, 2.45) is 4.99 Å². The van der Waals surface area contributed by atoms with Gasteiger partial charge in [0, 0.05) is 47.8 Å². The van der Waals surface area contributed by atoms with Crippen molar-refractivity contribution >= 4 is 64.9 Å². The van der Waals surface area contributed by atoms with Crippen molar-refractivity contribution in [1.82, 2.24) is 0 Å². The first kappa shape index (κ1) is 18.1. The van der Waals surface area contributed by atoms with Crippen LogP contribution in [0.25, 0.3) is 47.8 Å². The Kier molecular flexibility index (Phi) is 4.05. The summed E-state index contributed by atoms with van der Waals surface area (Å²) in [7, 11) is 0. The van der Waals surface area contributed by atoms with Gasteiger partial charge in [-0.15, -0.1) is 11.3 Å². The molecule has 0 saturated heterocycles. The smallest absolute Gasteiger partial charge is 0.136 e. The van der Waals surface area contributed by atoms with E-state index in [1.165, 1.54) is 20.2 Å². The second kappa shape index (κ2) is 6.93. The molecule has 0 amide bonds. The lowest BCUT2D eigenvalue weighted by Gasteiger charge is -2.07. The van der Waals surface area contributed by atoms with Crippen LogP contribution in [-0.2, 0) is 0 Å². The van der Waals surface area contributed by atoms with Crippen molar-refractivity contribution in [2.45, 2.75) is 6.92 Å². The number of fused-ring (bicyclic) bond motifs is 6. The molecule has 2 nitrogen and oxygen atoms in total. The normalized spacial score (nSPS) is 12.4. The van der Waals surface area contributed by atoms with Gasteiger partial charge in [0.05, 0.1) is 5.70 Å². The molecule has 0 aliphatic carbocycles. The minimum Gasteiger partial charge on any atom is -0.456 e. The van der Waals surface area contributed by atoms with Crippen LogP contribution in [0, 0.1) is 0 Å². The van der Waals surface area contributed by atoms with Gasteiger partial charge in [-0.05, 0) is 31.2 Å². The van der Waals surface area contributed by atoms with Gasteiger partial charge < -0.3 is 4.42 Å². The molecule has 31 heavy (non-hydrogen) atoms. The van der Waals surface area contributed by atoms with E-state index in [-0.39, 0.29) is 0 Å². The molecule has 2 heterocycles. The Balaban J connectivity index is 1.53. The molecular formula is C28H19NOS. The van der Waals surface area contributed by atoms with Crippen LogP contribution in [-0.4, -0.2) is 5.71 Å². The topological polar surface area (TPSA) is 25.5 Å². The van der Waals surface area contributed by atoms with Crippen molar-refractivity contribution in [2.75, 3.05) is 0 Å². The third-order valence-electron chi connectivity index (χ3n) is 5.81. The van der Waals surface area contributed by atoms with Crippen molar-refractivity contribution in [3.63, 3.8) is 0 Å². The van der Waals surface area contributed by atoms with Crippen LogP contribution in [0.2, 0.25) is 0 Å². The molecule has 0 unspecified atom stereocenters. The van der Waals surface area contributed by atoms with Crippen molar-refractivity contribution in [1.29, 1.82) is 0 Å². The Morgan fingerprint density at radius 1 is 0.710 bits per heavy atom. The average Bonchev–Trinajstić information content (AvgIpc) is 3.37. The van der Waals surface area contributed by atoms with Gasteiger partial charge >= 0.3 is 0 Å². The maximum absolute atomic E-state index is 6.04. The third kappa shape index (κ3) is 2.82. The summed E-state index contributed by atoms with van der Waals surface area (Å²) in [4.78, 5) is 4.98. The van der Waals surface area contributed by atoms with E-state index in [1.807, 2.05) is 41.7 Å². The van der Waals surface area contributed by atoms with Crippen LogP contribution in [0.5, 0.6) is 0 Å². The number of rotatable bonds is 3. The first-order valence-electron chi connectivity index (χ1n) is 10.3. The monoisotopic (exact) mass is 417 g/mol. The van der Waals surface area contributed by atoms with Gasteiger partial charge in [0.25, 0.3) is 0 Å². The largest absolute Gasteiger partial charge is 0.456 e. The molecule has 0 spiro atoms. The van der Waals surface area contributed by atoms with Crippen molar-refractivity contribution in [3.05, 3.63) is 103 Å². The highest BCUT2D eigenvalue weighted by molar-refractivity contribution is 7.25. The van der Waals surface area contributed by atoms with E-state index in [4.69, 9.17) is 9.41 Å². The van der Waals surface area contributed by atoms with Gasteiger partial charge in [-0.3, -0.25) is 4.99 Å². The Bertz CT molecular complexity index is 1660. The lowest BCUT2D eigenvalue weighted by atomic mass is 10.0. The maximum Gasteiger partial charge on any atom is 0.136 e. The molecule has 3 heteroatoms. The first-order chi connectivity index (χ1) is 15.2.